The average Bonchev–Trinajstić information content (AvgIpc) is 3.01. The van der Waals surface area contributed by atoms with Crippen LogP contribution >= 0.6 is 34.5 Å². The Hall–Kier alpha value is -2.61. The summed E-state index contributed by atoms with van der Waals surface area (Å²) in [6.07, 6.45) is 0. The maximum atomic E-state index is 12.2. The maximum absolute atomic E-state index is 12.2. The van der Waals surface area contributed by atoms with E-state index in [2.05, 4.69) is 10.9 Å². The number of esters is 1. The summed E-state index contributed by atoms with van der Waals surface area (Å²) in [7, 11) is 0. The van der Waals surface area contributed by atoms with Gasteiger partial charge in [0.1, 0.15) is 4.88 Å². The van der Waals surface area contributed by atoms with Crippen LogP contribution in [0.5, 0.6) is 0 Å². The summed E-state index contributed by atoms with van der Waals surface area (Å²) in [5.41, 5.74) is 4.55. The molecule has 138 valence electrons. The van der Waals surface area contributed by atoms with Crippen LogP contribution < -0.4 is 10.9 Å². The normalized spacial score (nSPS) is 10.4. The van der Waals surface area contributed by atoms with Gasteiger partial charge in [-0.2, -0.15) is 0 Å². The van der Waals surface area contributed by atoms with Gasteiger partial charge in [-0.1, -0.05) is 53.5 Å². The highest BCUT2D eigenvalue weighted by Gasteiger charge is 2.19. The predicted octanol–water partition coefficient (Wildman–Crippen LogP) is 3.83. The molecule has 0 spiro atoms. The van der Waals surface area contributed by atoms with Gasteiger partial charge in [0.05, 0.1) is 15.6 Å². The molecule has 0 bridgehead atoms. The number of halogens is 2. The first kappa shape index (κ1) is 19.2. The number of hydrogen-bond acceptors (Lipinski definition) is 5. The van der Waals surface area contributed by atoms with Gasteiger partial charge in [-0.25, -0.2) is 4.79 Å². The van der Waals surface area contributed by atoms with Crippen LogP contribution in [0.4, 0.5) is 0 Å². The van der Waals surface area contributed by atoms with E-state index < -0.39 is 24.4 Å². The molecule has 0 radical (unpaired) electrons. The van der Waals surface area contributed by atoms with E-state index in [0.29, 0.717) is 0 Å². The number of amides is 2. The van der Waals surface area contributed by atoms with Crippen molar-refractivity contribution in [2.24, 2.45) is 0 Å². The van der Waals surface area contributed by atoms with Crippen LogP contribution in [-0.4, -0.2) is 24.4 Å². The molecular weight excluding hydrogens is 411 g/mol. The summed E-state index contributed by atoms with van der Waals surface area (Å²) in [6.45, 7) is -0.577. The summed E-state index contributed by atoms with van der Waals surface area (Å²) in [6, 6.07) is 13.6. The second kappa shape index (κ2) is 8.39. The molecule has 0 aliphatic carbocycles. The number of ether oxygens (including phenoxy) is 1. The van der Waals surface area contributed by atoms with Gasteiger partial charge in [0.15, 0.2) is 6.61 Å². The number of hydrazine groups is 1. The van der Waals surface area contributed by atoms with Crippen LogP contribution in [0.2, 0.25) is 10.0 Å². The highest BCUT2D eigenvalue weighted by Crippen LogP contribution is 2.35. The van der Waals surface area contributed by atoms with Crippen LogP contribution in [0.25, 0.3) is 10.1 Å². The molecule has 0 unspecified atom stereocenters. The van der Waals surface area contributed by atoms with Crippen molar-refractivity contribution in [2.45, 2.75) is 0 Å². The van der Waals surface area contributed by atoms with Crippen molar-refractivity contribution >= 4 is 62.4 Å². The van der Waals surface area contributed by atoms with E-state index in [9.17, 15) is 14.4 Å². The molecule has 3 aromatic rings. The van der Waals surface area contributed by atoms with E-state index >= 15 is 0 Å². The number of hydrogen-bond donors (Lipinski definition) is 2. The third-order valence-electron chi connectivity index (χ3n) is 3.49. The second-order valence-electron chi connectivity index (χ2n) is 5.30. The van der Waals surface area contributed by atoms with E-state index in [0.717, 1.165) is 10.1 Å². The van der Waals surface area contributed by atoms with E-state index in [1.165, 1.54) is 17.4 Å². The highest BCUT2D eigenvalue weighted by molar-refractivity contribution is 7.21. The minimum Gasteiger partial charge on any atom is -0.451 e. The fourth-order valence-corrected chi connectivity index (χ4v) is 3.84. The van der Waals surface area contributed by atoms with Crippen molar-refractivity contribution in [2.75, 3.05) is 6.61 Å². The Labute approximate surface area is 168 Å². The molecule has 0 aliphatic heterocycles. The molecule has 0 fully saturated rings. The molecular formula is C18H12Cl2N2O4S. The molecule has 1 aromatic heterocycles. The van der Waals surface area contributed by atoms with E-state index in [4.69, 9.17) is 27.9 Å². The number of rotatable bonds is 4. The first-order chi connectivity index (χ1) is 13.0. The number of carbonyl (C=O) groups excluding carboxylic acids is 3. The van der Waals surface area contributed by atoms with Gasteiger partial charge in [0.25, 0.3) is 11.8 Å². The standard InChI is InChI=1S/C18H12Cl2N2O4S/c19-12-7-3-1-5-10(12)17(24)22-21-14(23)9-26-18(25)16-15(20)11-6-2-4-8-13(11)27-16/h1-8H,9H2,(H,21,23)(H,22,24). The molecule has 0 atom stereocenters. The van der Waals surface area contributed by atoms with Crippen LogP contribution in [0, 0.1) is 0 Å². The Morgan fingerprint density at radius 3 is 2.41 bits per heavy atom. The SMILES string of the molecule is O=C(COC(=O)c1sc2ccccc2c1Cl)NNC(=O)c1ccccc1Cl. The number of thiophene rings is 1. The summed E-state index contributed by atoms with van der Waals surface area (Å²) in [5, 5.41) is 1.27. The lowest BCUT2D eigenvalue weighted by atomic mass is 10.2. The van der Waals surface area contributed by atoms with E-state index in [-0.39, 0.29) is 20.5 Å². The molecule has 3 rings (SSSR count). The molecule has 0 aliphatic rings. The monoisotopic (exact) mass is 422 g/mol. The van der Waals surface area contributed by atoms with Gasteiger partial charge in [-0.15, -0.1) is 11.3 Å². The smallest absolute Gasteiger partial charge is 0.350 e. The van der Waals surface area contributed by atoms with E-state index in [1.54, 1.807) is 24.3 Å². The Balaban J connectivity index is 1.54. The van der Waals surface area contributed by atoms with Crippen molar-refractivity contribution in [3.8, 4) is 0 Å². The van der Waals surface area contributed by atoms with Crippen molar-refractivity contribution in [1.29, 1.82) is 0 Å². The lowest BCUT2D eigenvalue weighted by molar-refractivity contribution is -0.125. The molecule has 6 nitrogen and oxygen atoms in total. The van der Waals surface area contributed by atoms with Crippen LogP contribution in [-0.2, 0) is 9.53 Å². The summed E-state index contributed by atoms with van der Waals surface area (Å²) in [4.78, 5) is 36.1. The van der Waals surface area contributed by atoms with E-state index in [1.807, 2.05) is 18.2 Å². The van der Waals surface area contributed by atoms with Gasteiger partial charge < -0.3 is 4.74 Å². The molecule has 2 aromatic carbocycles. The quantitative estimate of drug-likeness (QED) is 0.494. The minimum absolute atomic E-state index is 0.202. The fraction of sp³-hybridized carbons (Fsp3) is 0.0556. The zero-order valence-electron chi connectivity index (χ0n) is 13.6. The summed E-state index contributed by atoms with van der Waals surface area (Å²) in [5.74, 6) is -2.01. The number of nitrogens with one attached hydrogen (secondary N) is 2. The Morgan fingerprint density at radius 1 is 0.963 bits per heavy atom. The topological polar surface area (TPSA) is 84.5 Å². The minimum atomic E-state index is -0.714. The highest BCUT2D eigenvalue weighted by atomic mass is 35.5. The second-order valence-corrected chi connectivity index (χ2v) is 7.14. The first-order valence-electron chi connectivity index (χ1n) is 7.65. The summed E-state index contributed by atoms with van der Waals surface area (Å²) < 4.78 is 5.80. The largest absolute Gasteiger partial charge is 0.451 e. The van der Waals surface area contributed by atoms with Gasteiger partial charge in [0, 0.05) is 10.1 Å². The van der Waals surface area contributed by atoms with Crippen molar-refractivity contribution in [1.82, 2.24) is 10.9 Å². The lowest BCUT2D eigenvalue weighted by Gasteiger charge is -2.08. The number of fused-ring (bicyclic) bond motifs is 1. The van der Waals surface area contributed by atoms with Crippen molar-refractivity contribution in [3.05, 3.63) is 69.0 Å². The van der Waals surface area contributed by atoms with Gasteiger partial charge in [-0.3, -0.25) is 20.4 Å². The molecule has 2 N–H and O–H groups in total. The zero-order chi connectivity index (χ0) is 19.4. The molecule has 1 heterocycles. The molecule has 2 amide bonds. The van der Waals surface area contributed by atoms with Gasteiger partial charge in [0.2, 0.25) is 0 Å². The van der Waals surface area contributed by atoms with Crippen LogP contribution in [0.3, 0.4) is 0 Å². The molecule has 9 heteroatoms. The fourth-order valence-electron chi connectivity index (χ4n) is 2.22. The van der Waals surface area contributed by atoms with Crippen molar-refractivity contribution < 1.29 is 19.1 Å². The molecule has 0 saturated heterocycles. The third-order valence-corrected chi connectivity index (χ3v) is 5.47. The van der Waals surface area contributed by atoms with Crippen molar-refractivity contribution in [3.63, 3.8) is 0 Å². The Kier molecular flexibility index (Phi) is 5.95. The first-order valence-corrected chi connectivity index (χ1v) is 9.22. The number of carbonyl (C=O) groups is 3. The van der Waals surface area contributed by atoms with Gasteiger partial charge in [-0.05, 0) is 18.2 Å². The van der Waals surface area contributed by atoms with Crippen LogP contribution in [0.1, 0.15) is 20.0 Å². The Morgan fingerprint density at radius 2 is 1.67 bits per heavy atom. The summed E-state index contributed by atoms with van der Waals surface area (Å²) >= 11 is 13.3. The predicted molar refractivity (Wildman–Crippen MR) is 104 cm³/mol. The average molecular weight is 423 g/mol. The number of benzene rings is 2. The Bertz CT molecular complexity index is 1040. The lowest BCUT2D eigenvalue weighted by Crippen LogP contribution is -2.43. The van der Waals surface area contributed by atoms with Gasteiger partial charge >= 0.3 is 5.97 Å². The maximum Gasteiger partial charge on any atom is 0.350 e. The molecule has 0 saturated carbocycles. The van der Waals surface area contributed by atoms with Crippen LogP contribution in [0.15, 0.2) is 48.5 Å². The third kappa shape index (κ3) is 4.39. The molecule has 27 heavy (non-hydrogen) atoms. The zero-order valence-corrected chi connectivity index (χ0v) is 16.0.